The Labute approximate surface area is 411 Å². The zero-order valence-electron chi connectivity index (χ0n) is 36.8. The smallest absolute Gasteiger partial charge is 0.355 e. The SMILES string of the molecule is CNC(=O)C[C@H](N)c1nc(C(=O)N[C@H](c2nc(C(=O)NCC(=O)N[C@H](c3nc(-c4nc(-c5nc(-c6nc(C(=O)O)cs6)ccc5-c5nc(C(=O)O)cs5)cs4)cs3)C(C)C)cs2)C(C)C)c(C)s1. The van der Waals surface area contributed by atoms with E-state index in [1.165, 1.54) is 63.2 Å². The first-order valence-corrected chi connectivity index (χ1v) is 25.7. The molecule has 0 radical (unpaired) electrons. The Morgan fingerprint density at radius 2 is 1.21 bits per heavy atom. The number of pyridine rings is 1. The number of aromatic carboxylic acids is 2. The predicted octanol–water partition coefficient (Wildman–Crippen LogP) is 6.70. The lowest BCUT2D eigenvalue weighted by molar-refractivity contribution is -0.121. The van der Waals surface area contributed by atoms with E-state index < -0.39 is 47.8 Å². The number of nitrogens with two attached hydrogens (primary N) is 1. The Morgan fingerprint density at radius 1 is 0.618 bits per heavy atom. The molecule has 0 fully saturated rings. The number of carboxylic acid groups (broad SMARTS) is 2. The van der Waals surface area contributed by atoms with Gasteiger partial charge < -0.3 is 37.2 Å². The fraction of sp³-hybridized carbons (Fsp3) is 0.310. The molecule has 0 aliphatic carbocycles. The Balaban J connectivity index is 1.01. The van der Waals surface area contributed by atoms with Crippen LogP contribution in [0.15, 0.2) is 39.0 Å². The van der Waals surface area contributed by atoms with Crippen molar-refractivity contribution in [1.82, 2.24) is 56.2 Å². The highest BCUT2D eigenvalue weighted by Crippen LogP contribution is 2.38. The van der Waals surface area contributed by atoms with E-state index >= 15 is 0 Å². The van der Waals surface area contributed by atoms with Gasteiger partial charge in [-0.15, -0.1) is 68.0 Å². The van der Waals surface area contributed by atoms with Crippen LogP contribution in [0.5, 0.6) is 0 Å². The summed E-state index contributed by atoms with van der Waals surface area (Å²) in [6, 6.07) is 1.64. The minimum Gasteiger partial charge on any atom is -0.476 e. The van der Waals surface area contributed by atoms with Crippen molar-refractivity contribution >= 4 is 104 Å². The normalized spacial score (nSPS) is 12.7. The molecule has 3 atom stereocenters. The van der Waals surface area contributed by atoms with Crippen molar-refractivity contribution in [2.75, 3.05) is 13.6 Å². The van der Waals surface area contributed by atoms with E-state index in [1.807, 2.05) is 33.1 Å². The number of aromatic nitrogens is 7. The van der Waals surface area contributed by atoms with Crippen LogP contribution in [0.25, 0.3) is 43.4 Å². The van der Waals surface area contributed by atoms with Crippen LogP contribution in [0, 0.1) is 18.8 Å². The van der Waals surface area contributed by atoms with E-state index in [1.54, 1.807) is 29.8 Å². The fourth-order valence-electron chi connectivity index (χ4n) is 6.38. The van der Waals surface area contributed by atoms with Crippen LogP contribution >= 0.6 is 68.0 Å². The van der Waals surface area contributed by atoms with Gasteiger partial charge >= 0.3 is 11.9 Å². The lowest BCUT2D eigenvalue weighted by atomic mass is 10.0. The number of hydrogen-bond acceptors (Lipinski definition) is 20. The molecule has 20 nitrogen and oxygen atoms in total. The average Bonchev–Trinajstić information content (AvgIpc) is 4.17. The molecule has 0 aromatic carbocycles. The largest absolute Gasteiger partial charge is 0.476 e. The molecule has 0 spiro atoms. The summed E-state index contributed by atoms with van der Waals surface area (Å²) in [5.74, 6) is -4.27. The standard InChI is InChI=1S/C42H42N12O8S6/c1-16(2)29(52-28(56)10-45-33(57)23-12-66-40(48-23)30(17(3)4)53-34(58)31-18(5)68-36(54-31)20(43)9-27(55)44-6)39-49-24(13-67-39)38-47-22(11-64-38)32-19(35-50-25(14-63-35)41(59)60)7-8-21(46-32)37-51-26(15-65-37)42(61)62/h7-8,11-17,20,29-30H,9-10,43H2,1-6H3,(H,44,55)(H,45,57)(H,52,56)(H,53,58)(H,59,60)(H,61,62)/t20-,29-,30-/m0/s1. The van der Waals surface area contributed by atoms with Crippen LogP contribution in [0.1, 0.15) is 114 Å². The number of carbonyl (C=O) groups excluding carboxylic acids is 4. The maximum atomic E-state index is 13.4. The molecule has 0 saturated heterocycles. The lowest BCUT2D eigenvalue weighted by Gasteiger charge is -2.20. The second kappa shape index (κ2) is 21.3. The van der Waals surface area contributed by atoms with E-state index in [0.29, 0.717) is 63.3 Å². The summed E-state index contributed by atoms with van der Waals surface area (Å²) in [6.45, 7) is 9.08. The van der Waals surface area contributed by atoms with Gasteiger partial charge in [-0.3, -0.25) is 19.2 Å². The zero-order valence-corrected chi connectivity index (χ0v) is 41.7. The molecule has 26 heteroatoms. The highest BCUT2D eigenvalue weighted by atomic mass is 32.1. The number of carboxylic acids is 2. The van der Waals surface area contributed by atoms with Gasteiger partial charge in [0.2, 0.25) is 11.8 Å². The minimum absolute atomic E-state index is 0.0263. The molecule has 354 valence electrons. The van der Waals surface area contributed by atoms with Crippen molar-refractivity contribution in [3.05, 3.63) is 81.7 Å². The summed E-state index contributed by atoms with van der Waals surface area (Å²) in [4.78, 5) is 108. The van der Waals surface area contributed by atoms with Crippen LogP contribution in [0.3, 0.4) is 0 Å². The van der Waals surface area contributed by atoms with Crippen LogP contribution < -0.4 is 27.0 Å². The second-order valence-corrected chi connectivity index (χ2v) is 21.2. The fourth-order valence-corrected chi connectivity index (χ4v) is 11.8. The molecule has 7 aromatic heterocycles. The maximum Gasteiger partial charge on any atom is 0.355 e. The van der Waals surface area contributed by atoms with Crippen LogP contribution in [-0.4, -0.2) is 94.3 Å². The molecule has 68 heavy (non-hydrogen) atoms. The van der Waals surface area contributed by atoms with Crippen molar-refractivity contribution in [3.63, 3.8) is 0 Å². The Morgan fingerprint density at radius 3 is 1.87 bits per heavy atom. The van der Waals surface area contributed by atoms with Gasteiger partial charge in [-0.25, -0.2) is 44.5 Å². The van der Waals surface area contributed by atoms with E-state index in [0.717, 1.165) is 22.7 Å². The molecular weight excluding hydrogens is 993 g/mol. The van der Waals surface area contributed by atoms with Gasteiger partial charge in [0.15, 0.2) is 11.4 Å². The molecule has 7 aromatic rings. The van der Waals surface area contributed by atoms with Gasteiger partial charge in [-0.1, -0.05) is 27.7 Å². The Kier molecular flexibility index (Phi) is 15.6. The molecule has 0 unspecified atom stereocenters. The number of aryl methyl sites for hydroxylation is 1. The van der Waals surface area contributed by atoms with Crippen LogP contribution in [-0.2, 0) is 9.59 Å². The van der Waals surface area contributed by atoms with Crippen LogP contribution in [0.2, 0.25) is 0 Å². The van der Waals surface area contributed by atoms with Crippen molar-refractivity contribution < 1.29 is 39.0 Å². The first-order valence-electron chi connectivity index (χ1n) is 20.5. The summed E-state index contributed by atoms with van der Waals surface area (Å²) in [5.41, 5.74) is 8.49. The number of nitrogens with zero attached hydrogens (tertiary/aromatic N) is 7. The highest BCUT2D eigenvalue weighted by molar-refractivity contribution is 7.15. The Hall–Kier alpha value is -6.29. The highest BCUT2D eigenvalue weighted by Gasteiger charge is 2.29. The summed E-state index contributed by atoms with van der Waals surface area (Å²) in [6.07, 6.45) is 0.0263. The molecular formula is C42H42N12O8S6. The third kappa shape index (κ3) is 11.3. The second-order valence-electron chi connectivity index (χ2n) is 15.6. The summed E-state index contributed by atoms with van der Waals surface area (Å²) >= 11 is 7.33. The van der Waals surface area contributed by atoms with Gasteiger partial charge in [-0.2, -0.15) is 0 Å². The molecule has 7 heterocycles. The molecule has 4 amide bonds. The van der Waals surface area contributed by atoms with Crippen molar-refractivity contribution in [2.45, 2.75) is 59.2 Å². The third-order valence-electron chi connectivity index (χ3n) is 9.94. The molecule has 0 aliphatic rings. The number of thiazole rings is 6. The predicted molar refractivity (Wildman–Crippen MR) is 260 cm³/mol. The number of hydrogen-bond donors (Lipinski definition) is 7. The molecule has 0 aliphatic heterocycles. The summed E-state index contributed by atoms with van der Waals surface area (Å²) in [7, 11) is 1.52. The van der Waals surface area contributed by atoms with Crippen molar-refractivity contribution in [2.24, 2.45) is 17.6 Å². The van der Waals surface area contributed by atoms with E-state index in [-0.39, 0.29) is 53.5 Å². The van der Waals surface area contributed by atoms with Crippen molar-refractivity contribution in [1.29, 1.82) is 0 Å². The monoisotopic (exact) mass is 1030 g/mol. The van der Waals surface area contributed by atoms with Gasteiger partial charge in [0.1, 0.15) is 58.5 Å². The average molecular weight is 1040 g/mol. The van der Waals surface area contributed by atoms with E-state index in [9.17, 15) is 39.0 Å². The summed E-state index contributed by atoms with van der Waals surface area (Å²) < 4.78 is 0. The first-order chi connectivity index (χ1) is 32.4. The van der Waals surface area contributed by atoms with Gasteiger partial charge in [0.25, 0.3) is 11.8 Å². The zero-order chi connectivity index (χ0) is 49.0. The number of carbonyl (C=O) groups is 6. The van der Waals surface area contributed by atoms with Gasteiger partial charge in [0, 0.05) is 50.8 Å². The third-order valence-corrected chi connectivity index (χ3v) is 15.5. The first kappa shape index (κ1) is 49.6. The maximum absolute atomic E-state index is 13.4. The van der Waals surface area contributed by atoms with Crippen molar-refractivity contribution in [3.8, 4) is 43.4 Å². The minimum atomic E-state index is -1.17. The number of amides is 4. The number of nitrogens with one attached hydrogen (secondary N) is 4. The Bertz CT molecular complexity index is 3020. The number of rotatable bonds is 19. The molecule has 0 saturated carbocycles. The van der Waals surface area contributed by atoms with Gasteiger partial charge in [-0.05, 0) is 30.9 Å². The molecule has 7 rings (SSSR count). The lowest BCUT2D eigenvalue weighted by Crippen LogP contribution is -2.40. The quantitative estimate of drug-likeness (QED) is 0.0443. The summed E-state index contributed by atoms with van der Waals surface area (Å²) in [5, 5.41) is 41.0. The van der Waals surface area contributed by atoms with Gasteiger partial charge in [0.05, 0.1) is 30.4 Å². The molecule has 8 N–H and O–H groups in total. The topological polar surface area (TPSA) is 307 Å². The molecule has 0 bridgehead atoms. The van der Waals surface area contributed by atoms with E-state index in [4.69, 9.17) is 20.7 Å². The van der Waals surface area contributed by atoms with E-state index in [2.05, 4.69) is 41.2 Å². The van der Waals surface area contributed by atoms with Crippen LogP contribution in [0.4, 0.5) is 0 Å².